The second-order valence-corrected chi connectivity index (χ2v) is 8.07. The number of imidazole rings is 1. The number of aliphatic carboxylic acids is 1. The topological polar surface area (TPSA) is 72.5 Å². The molecule has 2 aliphatic heterocycles. The van der Waals surface area contributed by atoms with Crippen molar-refractivity contribution >= 4 is 12.0 Å². The summed E-state index contributed by atoms with van der Waals surface area (Å²) in [5, 5.41) is 9.83. The molecule has 3 heterocycles. The number of carboxylic acids is 1. The summed E-state index contributed by atoms with van der Waals surface area (Å²) in [7, 11) is 0. The molecule has 6 nitrogen and oxygen atoms in total. The van der Waals surface area contributed by atoms with E-state index >= 15 is 0 Å². The van der Waals surface area contributed by atoms with Crippen molar-refractivity contribution in [3.05, 3.63) is 60.2 Å². The van der Waals surface area contributed by atoms with E-state index in [-0.39, 0.29) is 11.3 Å². The summed E-state index contributed by atoms with van der Waals surface area (Å²) in [6.07, 6.45) is 9.81. The van der Waals surface area contributed by atoms with Crippen molar-refractivity contribution in [3.63, 3.8) is 0 Å². The van der Waals surface area contributed by atoms with Gasteiger partial charge in [-0.05, 0) is 31.5 Å². The first-order chi connectivity index (χ1) is 13.6. The van der Waals surface area contributed by atoms with Gasteiger partial charge in [-0.1, -0.05) is 42.5 Å². The van der Waals surface area contributed by atoms with Gasteiger partial charge < -0.3 is 10.1 Å². The van der Waals surface area contributed by atoms with Crippen LogP contribution in [0.5, 0.6) is 0 Å². The number of aromatic nitrogens is 2. The van der Waals surface area contributed by atoms with Crippen molar-refractivity contribution < 1.29 is 9.90 Å². The van der Waals surface area contributed by atoms with Crippen molar-refractivity contribution in [1.82, 2.24) is 19.8 Å². The minimum absolute atomic E-state index is 0.113. The minimum atomic E-state index is -0.653. The molecule has 0 bridgehead atoms. The van der Waals surface area contributed by atoms with E-state index in [4.69, 9.17) is 0 Å². The van der Waals surface area contributed by atoms with Crippen molar-refractivity contribution in [2.75, 3.05) is 32.7 Å². The molecule has 0 amide bonds. The maximum atomic E-state index is 12.0. The van der Waals surface area contributed by atoms with Crippen LogP contribution in [0.15, 0.2) is 48.8 Å². The van der Waals surface area contributed by atoms with Crippen LogP contribution in [-0.4, -0.2) is 63.6 Å². The first-order valence-corrected chi connectivity index (χ1v) is 10.0. The normalized spacial score (nSPS) is 22.9. The fourth-order valence-electron chi connectivity index (χ4n) is 4.72. The molecule has 2 aliphatic rings. The van der Waals surface area contributed by atoms with Crippen LogP contribution >= 0.6 is 0 Å². The Balaban J connectivity index is 1.34. The monoisotopic (exact) mass is 380 g/mol. The Kier molecular flexibility index (Phi) is 5.59. The van der Waals surface area contributed by atoms with E-state index in [1.165, 1.54) is 5.56 Å². The molecule has 28 heavy (non-hydrogen) atoms. The molecule has 0 aliphatic carbocycles. The third-order valence-electron chi connectivity index (χ3n) is 6.27. The summed E-state index contributed by atoms with van der Waals surface area (Å²) < 4.78 is 0. The first kappa shape index (κ1) is 18.9. The van der Waals surface area contributed by atoms with Crippen molar-refractivity contribution in [1.29, 1.82) is 0 Å². The zero-order valence-corrected chi connectivity index (χ0v) is 16.1. The molecular weight excluding hydrogens is 352 g/mol. The van der Waals surface area contributed by atoms with Crippen molar-refractivity contribution in [2.24, 2.45) is 11.3 Å². The Morgan fingerprint density at radius 1 is 1.25 bits per heavy atom. The van der Waals surface area contributed by atoms with Crippen LogP contribution in [0, 0.1) is 11.3 Å². The third-order valence-corrected chi connectivity index (χ3v) is 6.27. The lowest BCUT2D eigenvalue weighted by molar-refractivity contribution is -0.145. The standard InChI is InChI=1S/C22H28N4O2/c27-21(28)19-15-26(16-20-23-10-11-24-20)17-22(19)8-13-25(14-9-22)12-4-7-18-5-2-1-3-6-18/h1-7,10-11,19H,8-9,12-17H2,(H,23,24)(H,27,28). The van der Waals surface area contributed by atoms with Crippen LogP contribution < -0.4 is 0 Å². The van der Waals surface area contributed by atoms with Gasteiger partial charge in [0, 0.05) is 37.4 Å². The Morgan fingerprint density at radius 3 is 2.71 bits per heavy atom. The summed E-state index contributed by atoms with van der Waals surface area (Å²) in [5.74, 6) is -0.0338. The van der Waals surface area contributed by atoms with Gasteiger partial charge in [0.2, 0.25) is 0 Å². The number of nitrogens with one attached hydrogen (secondary N) is 1. The molecule has 0 saturated carbocycles. The molecule has 2 fully saturated rings. The number of benzene rings is 1. The molecule has 2 saturated heterocycles. The highest BCUT2D eigenvalue weighted by molar-refractivity contribution is 5.72. The van der Waals surface area contributed by atoms with E-state index in [0.717, 1.165) is 44.8 Å². The van der Waals surface area contributed by atoms with Crippen LogP contribution in [0.3, 0.4) is 0 Å². The van der Waals surface area contributed by atoms with Gasteiger partial charge in [0.15, 0.2) is 0 Å². The predicted molar refractivity (Wildman–Crippen MR) is 109 cm³/mol. The molecule has 1 unspecified atom stereocenters. The van der Waals surface area contributed by atoms with Gasteiger partial charge in [-0.2, -0.15) is 0 Å². The van der Waals surface area contributed by atoms with Crippen molar-refractivity contribution in [3.8, 4) is 0 Å². The van der Waals surface area contributed by atoms with E-state index < -0.39 is 5.97 Å². The van der Waals surface area contributed by atoms with E-state index in [1.54, 1.807) is 6.20 Å². The molecule has 148 valence electrons. The lowest BCUT2D eigenvalue weighted by Gasteiger charge is -2.41. The number of carboxylic acid groups (broad SMARTS) is 1. The van der Waals surface area contributed by atoms with E-state index in [0.29, 0.717) is 13.1 Å². The number of aromatic amines is 1. The number of hydrogen-bond acceptors (Lipinski definition) is 4. The zero-order chi connectivity index (χ0) is 19.4. The van der Waals surface area contributed by atoms with Gasteiger partial charge in [-0.3, -0.25) is 14.6 Å². The molecule has 1 atom stereocenters. The average Bonchev–Trinajstić information content (AvgIpc) is 3.33. The van der Waals surface area contributed by atoms with E-state index in [2.05, 4.69) is 44.1 Å². The van der Waals surface area contributed by atoms with Gasteiger partial charge in [-0.15, -0.1) is 0 Å². The van der Waals surface area contributed by atoms with Gasteiger partial charge in [-0.25, -0.2) is 4.98 Å². The summed E-state index contributed by atoms with van der Waals surface area (Å²) in [6, 6.07) is 10.3. The molecule has 6 heteroatoms. The van der Waals surface area contributed by atoms with Gasteiger partial charge in [0.1, 0.15) is 5.82 Å². The fourth-order valence-corrected chi connectivity index (χ4v) is 4.72. The second-order valence-electron chi connectivity index (χ2n) is 8.07. The van der Waals surface area contributed by atoms with Crippen molar-refractivity contribution in [2.45, 2.75) is 19.4 Å². The number of likely N-dealkylation sites (tertiary alicyclic amines) is 2. The number of rotatable bonds is 6. The zero-order valence-electron chi connectivity index (χ0n) is 16.1. The molecule has 2 N–H and O–H groups in total. The number of hydrogen-bond donors (Lipinski definition) is 2. The lowest BCUT2D eigenvalue weighted by Crippen LogP contribution is -2.46. The van der Waals surface area contributed by atoms with Crippen LogP contribution in [0.1, 0.15) is 24.2 Å². The predicted octanol–water partition coefficient (Wildman–Crippen LogP) is 2.72. The Hall–Kier alpha value is -2.44. The second kappa shape index (κ2) is 8.29. The highest BCUT2D eigenvalue weighted by Crippen LogP contribution is 2.45. The summed E-state index contributed by atoms with van der Waals surface area (Å²) in [4.78, 5) is 24.1. The highest BCUT2D eigenvalue weighted by Gasteiger charge is 2.51. The minimum Gasteiger partial charge on any atom is -0.481 e. The SMILES string of the molecule is O=C(O)C1CN(Cc2ncc[nH]2)CC12CCN(CC=Cc1ccccc1)CC2. The summed E-state index contributed by atoms with van der Waals surface area (Å²) in [5.41, 5.74) is 1.10. The Bertz CT molecular complexity index is 795. The molecule has 1 aromatic carbocycles. The van der Waals surface area contributed by atoms with Crippen LogP contribution in [-0.2, 0) is 11.3 Å². The molecule has 2 aromatic rings. The molecular formula is C22H28N4O2. The number of H-pyrrole nitrogens is 1. The quantitative estimate of drug-likeness (QED) is 0.806. The van der Waals surface area contributed by atoms with Gasteiger partial charge in [0.05, 0.1) is 12.5 Å². The highest BCUT2D eigenvalue weighted by atomic mass is 16.4. The van der Waals surface area contributed by atoms with Crippen LogP contribution in [0.2, 0.25) is 0 Å². The lowest BCUT2D eigenvalue weighted by atomic mass is 9.71. The number of piperidine rings is 1. The van der Waals surface area contributed by atoms with Gasteiger partial charge >= 0.3 is 5.97 Å². The fraction of sp³-hybridized carbons (Fsp3) is 0.455. The van der Waals surface area contributed by atoms with E-state index in [1.807, 2.05) is 24.4 Å². The first-order valence-electron chi connectivity index (χ1n) is 10.0. The average molecular weight is 380 g/mol. The van der Waals surface area contributed by atoms with Crippen LogP contribution in [0.25, 0.3) is 6.08 Å². The van der Waals surface area contributed by atoms with Gasteiger partial charge in [0.25, 0.3) is 0 Å². The third kappa shape index (κ3) is 4.18. The Morgan fingerprint density at radius 2 is 2.04 bits per heavy atom. The number of carbonyl (C=O) groups is 1. The van der Waals surface area contributed by atoms with E-state index in [9.17, 15) is 9.90 Å². The maximum absolute atomic E-state index is 12.0. The number of nitrogens with zero attached hydrogens (tertiary/aromatic N) is 3. The molecule has 0 radical (unpaired) electrons. The summed E-state index contributed by atoms with van der Waals surface area (Å²) in [6.45, 7) is 4.98. The Labute approximate surface area is 165 Å². The molecule has 1 aromatic heterocycles. The largest absolute Gasteiger partial charge is 0.481 e. The smallest absolute Gasteiger partial charge is 0.308 e. The molecule has 4 rings (SSSR count). The molecule has 1 spiro atoms. The summed E-state index contributed by atoms with van der Waals surface area (Å²) >= 11 is 0. The maximum Gasteiger partial charge on any atom is 0.308 e. The van der Waals surface area contributed by atoms with Crippen LogP contribution in [0.4, 0.5) is 0 Å².